The molecule has 0 spiro atoms. The predicted octanol–water partition coefficient (Wildman–Crippen LogP) is 3.58. The molecule has 0 saturated heterocycles. The highest BCUT2D eigenvalue weighted by Crippen LogP contribution is 2.24. The van der Waals surface area contributed by atoms with Crippen LogP contribution in [0, 0.1) is 13.8 Å². The molecule has 0 bridgehead atoms. The summed E-state index contributed by atoms with van der Waals surface area (Å²) in [4.78, 5) is 0. The van der Waals surface area contributed by atoms with Crippen LogP contribution in [-0.4, -0.2) is 16.3 Å². The average molecular weight is 291 g/mol. The first kappa shape index (κ1) is 14.5. The summed E-state index contributed by atoms with van der Waals surface area (Å²) in [5.74, 6) is 0.232. The summed E-state index contributed by atoms with van der Waals surface area (Å²) in [5.41, 5.74) is 11.7. The number of nitrogens with two attached hydrogens (primary N) is 1. The monoisotopic (exact) mass is 291 g/mol. The molecule has 2 aromatic carbocycles. The lowest BCUT2D eigenvalue weighted by molar-refractivity contribution is 0.810. The van der Waals surface area contributed by atoms with E-state index in [4.69, 9.17) is 5.73 Å². The van der Waals surface area contributed by atoms with Gasteiger partial charge in [-0.2, -0.15) is 5.10 Å². The summed E-state index contributed by atoms with van der Waals surface area (Å²) in [6, 6.07) is 21.0. The van der Waals surface area contributed by atoms with E-state index >= 15 is 0 Å². The zero-order valence-corrected chi connectivity index (χ0v) is 13.0. The molecule has 2 N–H and O–H groups in total. The lowest BCUT2D eigenvalue weighted by Crippen LogP contribution is -2.13. The van der Waals surface area contributed by atoms with Crippen LogP contribution in [-0.2, 0) is 0 Å². The van der Waals surface area contributed by atoms with Gasteiger partial charge in [-0.15, -0.1) is 0 Å². The van der Waals surface area contributed by atoms with Gasteiger partial charge in [0.25, 0.3) is 0 Å². The Hall–Kier alpha value is -2.39. The van der Waals surface area contributed by atoms with Crippen molar-refractivity contribution in [2.45, 2.75) is 19.8 Å². The first-order valence-electron chi connectivity index (χ1n) is 7.57. The zero-order valence-electron chi connectivity index (χ0n) is 13.0. The van der Waals surface area contributed by atoms with E-state index < -0.39 is 0 Å². The molecule has 3 nitrogen and oxygen atoms in total. The molecule has 0 fully saturated rings. The van der Waals surface area contributed by atoms with E-state index in [-0.39, 0.29) is 5.92 Å². The van der Waals surface area contributed by atoms with Crippen molar-refractivity contribution in [1.82, 2.24) is 9.78 Å². The number of hydrogen-bond acceptors (Lipinski definition) is 2. The minimum atomic E-state index is 0.232. The van der Waals surface area contributed by atoms with Gasteiger partial charge in [-0.25, -0.2) is 4.68 Å². The molecular formula is C19H21N3. The van der Waals surface area contributed by atoms with Crippen molar-refractivity contribution >= 4 is 0 Å². The Kier molecular flexibility index (Phi) is 4.07. The third kappa shape index (κ3) is 2.81. The average Bonchev–Trinajstić information content (AvgIpc) is 2.88. The van der Waals surface area contributed by atoms with Crippen LogP contribution in [0.2, 0.25) is 0 Å². The Morgan fingerprint density at radius 1 is 0.955 bits per heavy atom. The molecule has 3 rings (SSSR count). The Morgan fingerprint density at radius 3 is 2.14 bits per heavy atom. The minimum Gasteiger partial charge on any atom is -0.330 e. The molecule has 0 radical (unpaired) electrons. The van der Waals surface area contributed by atoms with Crippen molar-refractivity contribution in [1.29, 1.82) is 0 Å². The fourth-order valence-corrected chi connectivity index (χ4v) is 2.89. The largest absolute Gasteiger partial charge is 0.330 e. The van der Waals surface area contributed by atoms with E-state index in [0.717, 1.165) is 17.1 Å². The molecule has 1 heterocycles. The third-order valence-corrected chi connectivity index (χ3v) is 3.99. The van der Waals surface area contributed by atoms with Gasteiger partial charge in [-0.05, 0) is 43.2 Å². The molecule has 0 aliphatic heterocycles. The summed E-state index contributed by atoms with van der Waals surface area (Å²) >= 11 is 0. The van der Waals surface area contributed by atoms with Gasteiger partial charge in [0, 0.05) is 18.2 Å². The summed E-state index contributed by atoms with van der Waals surface area (Å²) < 4.78 is 1.97. The van der Waals surface area contributed by atoms with Gasteiger partial charge < -0.3 is 5.73 Å². The SMILES string of the molecule is Cc1cc(C)n(-c2ccc(C(CN)c3ccccc3)cc2)n1. The summed E-state index contributed by atoms with van der Waals surface area (Å²) in [6.45, 7) is 4.68. The van der Waals surface area contributed by atoms with Gasteiger partial charge >= 0.3 is 0 Å². The van der Waals surface area contributed by atoms with Gasteiger partial charge in [-0.1, -0.05) is 42.5 Å². The highest BCUT2D eigenvalue weighted by molar-refractivity contribution is 5.40. The second-order valence-corrected chi connectivity index (χ2v) is 5.63. The van der Waals surface area contributed by atoms with Gasteiger partial charge in [0.2, 0.25) is 0 Å². The van der Waals surface area contributed by atoms with E-state index in [0.29, 0.717) is 6.54 Å². The van der Waals surface area contributed by atoms with E-state index in [9.17, 15) is 0 Å². The molecule has 0 aliphatic rings. The van der Waals surface area contributed by atoms with Crippen molar-refractivity contribution in [3.63, 3.8) is 0 Å². The standard InChI is InChI=1S/C19H21N3/c1-14-12-15(2)22(21-14)18-10-8-17(9-11-18)19(13-20)16-6-4-3-5-7-16/h3-12,19H,13,20H2,1-2H3. The number of benzene rings is 2. The summed E-state index contributed by atoms with van der Waals surface area (Å²) in [6.07, 6.45) is 0. The van der Waals surface area contributed by atoms with Crippen LogP contribution < -0.4 is 5.73 Å². The van der Waals surface area contributed by atoms with Crippen LogP contribution in [0.15, 0.2) is 60.7 Å². The molecule has 112 valence electrons. The summed E-state index contributed by atoms with van der Waals surface area (Å²) in [5, 5.41) is 4.53. The molecule has 3 heteroatoms. The van der Waals surface area contributed by atoms with Crippen LogP contribution >= 0.6 is 0 Å². The molecule has 3 aromatic rings. The van der Waals surface area contributed by atoms with Crippen molar-refractivity contribution in [2.24, 2.45) is 5.73 Å². The van der Waals surface area contributed by atoms with Gasteiger partial charge in [0.05, 0.1) is 11.4 Å². The van der Waals surface area contributed by atoms with Crippen molar-refractivity contribution in [2.75, 3.05) is 6.54 Å². The quantitative estimate of drug-likeness (QED) is 0.798. The molecular weight excluding hydrogens is 270 g/mol. The molecule has 0 saturated carbocycles. The Bertz CT molecular complexity index is 742. The van der Waals surface area contributed by atoms with Crippen LogP contribution in [0.1, 0.15) is 28.4 Å². The highest BCUT2D eigenvalue weighted by atomic mass is 15.3. The summed E-state index contributed by atoms with van der Waals surface area (Å²) in [7, 11) is 0. The first-order valence-corrected chi connectivity index (χ1v) is 7.57. The van der Waals surface area contributed by atoms with E-state index in [1.165, 1.54) is 11.1 Å². The Morgan fingerprint density at radius 2 is 1.59 bits per heavy atom. The maximum atomic E-state index is 6.00. The molecule has 1 atom stereocenters. The normalized spacial score (nSPS) is 12.3. The lowest BCUT2D eigenvalue weighted by atomic mass is 9.91. The first-order chi connectivity index (χ1) is 10.7. The number of aryl methyl sites for hydroxylation is 2. The maximum absolute atomic E-state index is 6.00. The van der Waals surface area contributed by atoms with Crippen LogP contribution in [0.25, 0.3) is 5.69 Å². The number of nitrogens with zero attached hydrogens (tertiary/aromatic N) is 2. The second-order valence-electron chi connectivity index (χ2n) is 5.63. The van der Waals surface area contributed by atoms with E-state index in [1.807, 2.05) is 17.7 Å². The third-order valence-electron chi connectivity index (χ3n) is 3.99. The van der Waals surface area contributed by atoms with Crippen molar-refractivity contribution in [3.05, 3.63) is 83.2 Å². The molecule has 1 unspecified atom stereocenters. The topological polar surface area (TPSA) is 43.8 Å². The zero-order chi connectivity index (χ0) is 15.5. The van der Waals surface area contributed by atoms with E-state index in [2.05, 4.69) is 66.6 Å². The smallest absolute Gasteiger partial charge is 0.0648 e. The Labute approximate surface area is 131 Å². The molecule has 0 aliphatic carbocycles. The second kappa shape index (κ2) is 6.16. The fourth-order valence-electron chi connectivity index (χ4n) is 2.89. The Balaban J connectivity index is 1.92. The van der Waals surface area contributed by atoms with Crippen LogP contribution in [0.3, 0.4) is 0 Å². The number of aromatic nitrogens is 2. The molecule has 22 heavy (non-hydrogen) atoms. The van der Waals surface area contributed by atoms with Gasteiger partial charge in [0.1, 0.15) is 0 Å². The number of rotatable bonds is 4. The van der Waals surface area contributed by atoms with Crippen molar-refractivity contribution < 1.29 is 0 Å². The van der Waals surface area contributed by atoms with Crippen LogP contribution in [0.5, 0.6) is 0 Å². The lowest BCUT2D eigenvalue weighted by Gasteiger charge is -2.16. The molecule has 0 amide bonds. The maximum Gasteiger partial charge on any atom is 0.0648 e. The molecule has 1 aromatic heterocycles. The van der Waals surface area contributed by atoms with Gasteiger partial charge in [-0.3, -0.25) is 0 Å². The highest BCUT2D eigenvalue weighted by Gasteiger charge is 2.12. The van der Waals surface area contributed by atoms with Gasteiger partial charge in [0.15, 0.2) is 0 Å². The predicted molar refractivity (Wildman–Crippen MR) is 90.4 cm³/mol. The van der Waals surface area contributed by atoms with Crippen molar-refractivity contribution in [3.8, 4) is 5.69 Å². The van der Waals surface area contributed by atoms with Crippen LogP contribution in [0.4, 0.5) is 0 Å². The fraction of sp³-hybridized carbons (Fsp3) is 0.211. The van der Waals surface area contributed by atoms with E-state index in [1.54, 1.807) is 0 Å². The number of hydrogen-bond donors (Lipinski definition) is 1. The minimum absolute atomic E-state index is 0.232.